The van der Waals surface area contributed by atoms with E-state index in [1.165, 1.54) is 16.7 Å². The lowest BCUT2D eigenvalue weighted by atomic mass is 10.2. The Kier molecular flexibility index (Phi) is 7.07. The highest BCUT2D eigenvalue weighted by molar-refractivity contribution is 7.99. The van der Waals surface area contributed by atoms with Gasteiger partial charge in [-0.05, 0) is 48.5 Å². The highest BCUT2D eigenvalue weighted by Gasteiger charge is 2.20. The van der Waals surface area contributed by atoms with Gasteiger partial charge in [-0.2, -0.15) is 5.26 Å². The van der Waals surface area contributed by atoms with Crippen LogP contribution in [0.15, 0.2) is 82.6 Å². The van der Waals surface area contributed by atoms with E-state index in [4.69, 9.17) is 9.15 Å². The van der Waals surface area contributed by atoms with Gasteiger partial charge in [-0.25, -0.2) is 0 Å². The van der Waals surface area contributed by atoms with Gasteiger partial charge in [-0.3, -0.25) is 14.3 Å². The first kappa shape index (κ1) is 22.2. The minimum absolute atomic E-state index is 0.0282. The summed E-state index contributed by atoms with van der Waals surface area (Å²) < 4.78 is 12.7. The molecule has 0 saturated carbocycles. The molecule has 9 heteroatoms. The Morgan fingerprint density at radius 2 is 1.91 bits per heavy atom. The Balaban J connectivity index is 1.58. The summed E-state index contributed by atoms with van der Waals surface area (Å²) in [6, 6.07) is 22.4. The van der Waals surface area contributed by atoms with E-state index in [1.807, 2.05) is 59.2 Å². The number of nitrogens with zero attached hydrogens (tertiary/aromatic N) is 5. The minimum Gasteiger partial charge on any atom is -0.497 e. The van der Waals surface area contributed by atoms with Crippen molar-refractivity contribution in [2.45, 2.75) is 11.7 Å². The van der Waals surface area contributed by atoms with Crippen molar-refractivity contribution < 1.29 is 13.9 Å². The van der Waals surface area contributed by atoms with E-state index in [0.29, 0.717) is 23.2 Å². The first-order valence-corrected chi connectivity index (χ1v) is 11.1. The molecule has 0 saturated heterocycles. The number of carbonyl (C=O) groups is 1. The lowest BCUT2D eigenvalue weighted by Gasteiger charge is -2.19. The van der Waals surface area contributed by atoms with Gasteiger partial charge in [0.2, 0.25) is 5.91 Å². The van der Waals surface area contributed by atoms with E-state index >= 15 is 0 Å². The van der Waals surface area contributed by atoms with Gasteiger partial charge in [-0.1, -0.05) is 30.0 Å². The molecular weight excluding hydrogens is 438 g/mol. The van der Waals surface area contributed by atoms with Gasteiger partial charge in [0, 0.05) is 11.3 Å². The Morgan fingerprint density at radius 1 is 1.12 bits per heavy atom. The summed E-state index contributed by atoms with van der Waals surface area (Å²) in [6.07, 6.45) is 1.61. The van der Waals surface area contributed by atoms with Gasteiger partial charge in [0.1, 0.15) is 18.1 Å². The molecule has 2 aromatic carbocycles. The number of thioether (sulfide) groups is 1. The summed E-state index contributed by atoms with van der Waals surface area (Å²) >= 11 is 1.27. The predicted molar refractivity (Wildman–Crippen MR) is 125 cm³/mol. The molecule has 0 bridgehead atoms. The van der Waals surface area contributed by atoms with Gasteiger partial charge >= 0.3 is 0 Å². The molecule has 2 heterocycles. The van der Waals surface area contributed by atoms with Crippen molar-refractivity contribution in [3.8, 4) is 23.2 Å². The minimum atomic E-state index is -0.189. The average molecular weight is 460 g/mol. The van der Waals surface area contributed by atoms with E-state index in [9.17, 15) is 10.1 Å². The number of amides is 1. The molecule has 1 amide bonds. The summed E-state index contributed by atoms with van der Waals surface area (Å²) in [4.78, 5) is 14.4. The fraction of sp³-hybridized carbons (Fsp3) is 0.167. The van der Waals surface area contributed by atoms with Crippen LogP contribution in [0.4, 0.5) is 5.69 Å². The van der Waals surface area contributed by atoms with Crippen molar-refractivity contribution >= 4 is 23.4 Å². The highest BCUT2D eigenvalue weighted by Crippen LogP contribution is 2.27. The predicted octanol–water partition coefficient (Wildman–Crippen LogP) is 4.24. The maximum Gasteiger partial charge on any atom is 0.238 e. The number of furan rings is 1. The molecule has 4 rings (SSSR count). The number of hydrogen-bond acceptors (Lipinski definition) is 7. The molecule has 0 aliphatic heterocycles. The molecule has 0 atom stereocenters. The normalized spacial score (nSPS) is 10.5. The van der Waals surface area contributed by atoms with Crippen molar-refractivity contribution in [3.63, 3.8) is 0 Å². The molecule has 0 spiro atoms. The SMILES string of the molecule is COc1ccc(-c2nnc(SCC(=O)N(CC#N)c3ccccc3)n2Cc2ccco2)cc1. The monoisotopic (exact) mass is 459 g/mol. The summed E-state index contributed by atoms with van der Waals surface area (Å²) in [5.41, 5.74) is 1.55. The molecular formula is C24H21N5O3S. The fourth-order valence-corrected chi connectivity index (χ4v) is 4.07. The fourth-order valence-electron chi connectivity index (χ4n) is 3.26. The lowest BCUT2D eigenvalue weighted by molar-refractivity contribution is -0.116. The van der Waals surface area contributed by atoms with Crippen LogP contribution in [0.3, 0.4) is 0 Å². The number of anilines is 1. The number of aromatic nitrogens is 3. The maximum absolute atomic E-state index is 12.9. The van der Waals surface area contributed by atoms with Crippen LogP contribution in [0, 0.1) is 11.3 Å². The first-order chi connectivity index (χ1) is 16.2. The summed E-state index contributed by atoms with van der Waals surface area (Å²) in [6.45, 7) is 0.387. The molecule has 4 aromatic rings. The van der Waals surface area contributed by atoms with Crippen LogP contribution in [0.5, 0.6) is 5.75 Å². The van der Waals surface area contributed by atoms with E-state index in [2.05, 4.69) is 16.3 Å². The van der Waals surface area contributed by atoms with Crippen molar-refractivity contribution in [2.24, 2.45) is 0 Å². The number of methoxy groups -OCH3 is 1. The maximum atomic E-state index is 12.9. The number of benzene rings is 2. The molecule has 33 heavy (non-hydrogen) atoms. The van der Waals surface area contributed by atoms with E-state index in [0.717, 1.165) is 17.1 Å². The molecule has 0 radical (unpaired) electrons. The molecule has 2 aromatic heterocycles. The molecule has 0 N–H and O–H groups in total. The molecule has 166 valence electrons. The van der Waals surface area contributed by atoms with Gasteiger partial charge in [0.25, 0.3) is 0 Å². The molecule has 0 fully saturated rings. The lowest BCUT2D eigenvalue weighted by Crippen LogP contribution is -2.32. The Hall–Kier alpha value is -4.03. The molecule has 0 aliphatic rings. The van der Waals surface area contributed by atoms with Gasteiger partial charge < -0.3 is 9.15 Å². The second-order valence-electron chi connectivity index (χ2n) is 6.96. The Labute approximate surface area is 195 Å². The zero-order valence-corrected chi connectivity index (χ0v) is 18.7. The van der Waals surface area contributed by atoms with Crippen LogP contribution >= 0.6 is 11.8 Å². The van der Waals surface area contributed by atoms with Crippen LogP contribution in [-0.2, 0) is 11.3 Å². The number of nitriles is 1. The van der Waals surface area contributed by atoms with E-state index in [-0.39, 0.29) is 18.2 Å². The van der Waals surface area contributed by atoms with Crippen LogP contribution in [-0.4, -0.2) is 40.1 Å². The third kappa shape index (κ3) is 5.25. The van der Waals surface area contributed by atoms with E-state index < -0.39 is 0 Å². The number of hydrogen-bond donors (Lipinski definition) is 0. The second-order valence-corrected chi connectivity index (χ2v) is 7.90. The van der Waals surface area contributed by atoms with Crippen LogP contribution in [0.1, 0.15) is 5.76 Å². The largest absolute Gasteiger partial charge is 0.497 e. The van der Waals surface area contributed by atoms with Crippen molar-refractivity contribution in [2.75, 3.05) is 24.3 Å². The van der Waals surface area contributed by atoms with Crippen LogP contribution < -0.4 is 9.64 Å². The third-order valence-electron chi connectivity index (χ3n) is 4.88. The zero-order valence-electron chi connectivity index (χ0n) is 17.9. The van der Waals surface area contributed by atoms with Gasteiger partial charge in [0.15, 0.2) is 11.0 Å². The number of para-hydroxylation sites is 1. The van der Waals surface area contributed by atoms with Crippen LogP contribution in [0.25, 0.3) is 11.4 Å². The van der Waals surface area contributed by atoms with Crippen molar-refractivity contribution in [1.29, 1.82) is 5.26 Å². The summed E-state index contributed by atoms with van der Waals surface area (Å²) in [5.74, 6) is 2.06. The number of carbonyl (C=O) groups excluding carboxylic acids is 1. The summed E-state index contributed by atoms with van der Waals surface area (Å²) in [5, 5.41) is 18.5. The average Bonchev–Trinajstić information content (AvgIpc) is 3.52. The van der Waals surface area contributed by atoms with Crippen molar-refractivity contribution in [3.05, 3.63) is 78.8 Å². The van der Waals surface area contributed by atoms with E-state index in [1.54, 1.807) is 25.5 Å². The second kappa shape index (κ2) is 10.5. The highest BCUT2D eigenvalue weighted by atomic mass is 32.2. The third-order valence-corrected chi connectivity index (χ3v) is 5.83. The Bertz CT molecular complexity index is 1230. The quantitative estimate of drug-likeness (QED) is 0.273. The van der Waals surface area contributed by atoms with Gasteiger partial charge in [0.05, 0.1) is 31.7 Å². The standard InChI is InChI=1S/C24H21N5O3S/c1-31-20-11-9-18(10-12-20)23-26-27-24(29(23)16-21-8-5-15-32-21)33-17-22(30)28(14-13-25)19-6-3-2-4-7-19/h2-12,15H,14,16-17H2,1H3. The first-order valence-electron chi connectivity index (χ1n) is 10.1. The zero-order chi connectivity index (χ0) is 23.0. The topological polar surface area (TPSA) is 97.2 Å². The summed E-state index contributed by atoms with van der Waals surface area (Å²) in [7, 11) is 1.62. The van der Waals surface area contributed by atoms with Crippen LogP contribution in [0.2, 0.25) is 0 Å². The smallest absolute Gasteiger partial charge is 0.238 e. The molecule has 0 unspecified atom stereocenters. The Morgan fingerprint density at radius 3 is 2.58 bits per heavy atom. The molecule has 0 aliphatic carbocycles. The molecule has 8 nitrogen and oxygen atoms in total. The van der Waals surface area contributed by atoms with Crippen molar-refractivity contribution in [1.82, 2.24) is 14.8 Å². The van der Waals surface area contributed by atoms with Gasteiger partial charge in [-0.15, -0.1) is 10.2 Å². The number of rotatable bonds is 9. The number of ether oxygens (including phenoxy) is 1.